The van der Waals surface area contributed by atoms with Crippen molar-refractivity contribution in [2.75, 3.05) is 26.2 Å². The zero-order valence-corrected chi connectivity index (χ0v) is 12.7. The predicted octanol–water partition coefficient (Wildman–Crippen LogP) is 1.46. The zero-order valence-electron chi connectivity index (χ0n) is 12.7. The molecule has 1 heterocycles. The highest BCUT2D eigenvalue weighted by molar-refractivity contribution is 5.79. The van der Waals surface area contributed by atoms with Gasteiger partial charge in [-0.3, -0.25) is 9.69 Å². The third-order valence-corrected chi connectivity index (χ3v) is 4.33. The van der Waals surface area contributed by atoms with Crippen molar-refractivity contribution in [3.05, 3.63) is 0 Å². The number of likely N-dealkylation sites (N-methyl/N-ethyl adjacent to an activating group) is 1. The van der Waals surface area contributed by atoms with Crippen LogP contribution in [0, 0.1) is 0 Å². The predicted molar refractivity (Wildman–Crippen MR) is 78.1 cm³/mol. The average molecular weight is 267 g/mol. The van der Waals surface area contributed by atoms with Crippen molar-refractivity contribution < 1.29 is 4.79 Å². The first-order chi connectivity index (χ1) is 9.11. The van der Waals surface area contributed by atoms with Gasteiger partial charge in [-0.05, 0) is 53.0 Å². The van der Waals surface area contributed by atoms with E-state index in [2.05, 4.69) is 35.9 Å². The quantitative estimate of drug-likeness (QED) is 0.758. The number of nitrogens with zero attached hydrogens (tertiary/aromatic N) is 2. The van der Waals surface area contributed by atoms with E-state index in [0.717, 1.165) is 19.6 Å². The van der Waals surface area contributed by atoms with E-state index in [9.17, 15) is 4.79 Å². The van der Waals surface area contributed by atoms with E-state index in [-0.39, 0.29) is 0 Å². The molecular weight excluding hydrogens is 238 g/mol. The van der Waals surface area contributed by atoms with Crippen LogP contribution in [0.3, 0.4) is 0 Å². The van der Waals surface area contributed by atoms with Crippen molar-refractivity contribution in [3.63, 3.8) is 0 Å². The van der Waals surface area contributed by atoms with E-state index in [1.807, 2.05) is 0 Å². The van der Waals surface area contributed by atoms with E-state index in [1.54, 1.807) is 0 Å². The van der Waals surface area contributed by atoms with E-state index < -0.39 is 0 Å². The van der Waals surface area contributed by atoms with Crippen LogP contribution in [0.15, 0.2) is 0 Å². The first kappa shape index (κ1) is 14.8. The molecule has 0 aromatic carbocycles. The Kier molecular flexibility index (Phi) is 5.22. The largest absolute Gasteiger partial charge is 0.339 e. The standard InChI is InChI=1S/C15H29N3O/c1-4-18(14-7-8-14)15(19)11-17(12(2)3)10-13-6-5-9-16-13/h12-14,16H,4-11H2,1-3H3. The topological polar surface area (TPSA) is 35.6 Å². The Bertz CT molecular complexity index is 296. The van der Waals surface area contributed by atoms with Gasteiger partial charge in [0.2, 0.25) is 5.91 Å². The monoisotopic (exact) mass is 267 g/mol. The van der Waals surface area contributed by atoms with Gasteiger partial charge in [0.25, 0.3) is 0 Å². The van der Waals surface area contributed by atoms with Gasteiger partial charge < -0.3 is 10.2 Å². The molecule has 1 saturated heterocycles. The number of hydrogen-bond donors (Lipinski definition) is 1. The summed E-state index contributed by atoms with van der Waals surface area (Å²) in [6, 6.07) is 1.55. The maximum Gasteiger partial charge on any atom is 0.236 e. The second-order valence-corrected chi connectivity index (χ2v) is 6.23. The fraction of sp³-hybridized carbons (Fsp3) is 0.933. The van der Waals surface area contributed by atoms with Gasteiger partial charge in [0.15, 0.2) is 0 Å². The molecule has 4 nitrogen and oxygen atoms in total. The normalized spacial score (nSPS) is 23.3. The van der Waals surface area contributed by atoms with E-state index in [1.165, 1.54) is 25.7 Å². The lowest BCUT2D eigenvalue weighted by Crippen LogP contribution is -2.47. The van der Waals surface area contributed by atoms with Crippen LogP contribution in [0.1, 0.15) is 46.5 Å². The Morgan fingerprint density at radius 1 is 1.32 bits per heavy atom. The van der Waals surface area contributed by atoms with Gasteiger partial charge in [0.1, 0.15) is 0 Å². The number of nitrogens with one attached hydrogen (secondary N) is 1. The third-order valence-electron chi connectivity index (χ3n) is 4.33. The second kappa shape index (κ2) is 6.71. The van der Waals surface area contributed by atoms with Crippen LogP contribution >= 0.6 is 0 Å². The Morgan fingerprint density at radius 2 is 2.05 bits per heavy atom. The van der Waals surface area contributed by atoms with Gasteiger partial charge in [0.05, 0.1) is 6.54 Å². The van der Waals surface area contributed by atoms with Gasteiger partial charge in [0, 0.05) is 31.2 Å². The van der Waals surface area contributed by atoms with E-state index in [4.69, 9.17) is 0 Å². The molecule has 0 aromatic heterocycles. The summed E-state index contributed by atoms with van der Waals surface area (Å²) in [6.07, 6.45) is 4.92. The van der Waals surface area contributed by atoms with E-state index >= 15 is 0 Å². The van der Waals surface area contributed by atoms with Crippen molar-refractivity contribution >= 4 is 5.91 Å². The lowest BCUT2D eigenvalue weighted by Gasteiger charge is -2.31. The number of hydrogen-bond acceptors (Lipinski definition) is 3. The molecule has 1 aliphatic carbocycles. The summed E-state index contributed by atoms with van der Waals surface area (Å²) in [5, 5.41) is 3.53. The summed E-state index contributed by atoms with van der Waals surface area (Å²) in [5.41, 5.74) is 0. The van der Waals surface area contributed by atoms with Crippen LogP contribution in [-0.2, 0) is 4.79 Å². The fourth-order valence-electron chi connectivity index (χ4n) is 2.94. The van der Waals surface area contributed by atoms with Crippen LogP contribution in [-0.4, -0.2) is 60.0 Å². The first-order valence-corrected chi connectivity index (χ1v) is 7.88. The Balaban J connectivity index is 1.85. The van der Waals surface area contributed by atoms with Crippen molar-refractivity contribution in [2.45, 2.75) is 64.6 Å². The molecule has 0 radical (unpaired) electrons. The van der Waals surface area contributed by atoms with Crippen LogP contribution in [0.5, 0.6) is 0 Å². The molecular formula is C15H29N3O. The van der Waals surface area contributed by atoms with Crippen molar-refractivity contribution in [1.82, 2.24) is 15.1 Å². The minimum atomic E-state index is 0.316. The van der Waals surface area contributed by atoms with Crippen molar-refractivity contribution in [3.8, 4) is 0 Å². The molecule has 110 valence electrons. The fourth-order valence-corrected chi connectivity index (χ4v) is 2.94. The first-order valence-electron chi connectivity index (χ1n) is 7.88. The minimum absolute atomic E-state index is 0.316. The highest BCUT2D eigenvalue weighted by atomic mass is 16.2. The molecule has 2 aliphatic rings. The molecule has 2 fully saturated rings. The molecule has 0 spiro atoms. The Morgan fingerprint density at radius 3 is 2.53 bits per heavy atom. The van der Waals surface area contributed by atoms with Gasteiger partial charge in [-0.25, -0.2) is 0 Å². The van der Waals surface area contributed by atoms with Crippen LogP contribution in [0.25, 0.3) is 0 Å². The molecule has 1 unspecified atom stereocenters. The van der Waals surface area contributed by atoms with E-state index in [0.29, 0.717) is 30.6 Å². The van der Waals surface area contributed by atoms with Crippen LogP contribution in [0.2, 0.25) is 0 Å². The highest BCUT2D eigenvalue weighted by Crippen LogP contribution is 2.26. The molecule has 1 N–H and O–H groups in total. The lowest BCUT2D eigenvalue weighted by molar-refractivity contribution is -0.133. The summed E-state index contributed by atoms with van der Waals surface area (Å²) in [7, 11) is 0. The number of amides is 1. The van der Waals surface area contributed by atoms with Gasteiger partial charge in [-0.1, -0.05) is 0 Å². The summed E-state index contributed by atoms with van der Waals surface area (Å²) >= 11 is 0. The molecule has 1 amide bonds. The number of carbonyl (C=O) groups is 1. The second-order valence-electron chi connectivity index (χ2n) is 6.23. The molecule has 1 saturated carbocycles. The minimum Gasteiger partial charge on any atom is -0.339 e. The zero-order chi connectivity index (χ0) is 13.8. The van der Waals surface area contributed by atoms with Crippen LogP contribution in [0.4, 0.5) is 0 Å². The molecule has 1 aliphatic heterocycles. The van der Waals surface area contributed by atoms with Crippen molar-refractivity contribution in [2.24, 2.45) is 0 Å². The summed E-state index contributed by atoms with van der Waals surface area (Å²) in [6.45, 7) is 10.1. The number of carbonyl (C=O) groups excluding carboxylic acids is 1. The van der Waals surface area contributed by atoms with Gasteiger partial charge in [-0.2, -0.15) is 0 Å². The summed E-state index contributed by atoms with van der Waals surface area (Å²) in [4.78, 5) is 16.8. The Labute approximate surface area is 117 Å². The van der Waals surface area contributed by atoms with Gasteiger partial charge >= 0.3 is 0 Å². The molecule has 2 rings (SSSR count). The van der Waals surface area contributed by atoms with Gasteiger partial charge in [-0.15, -0.1) is 0 Å². The molecule has 1 atom stereocenters. The third kappa shape index (κ3) is 4.18. The maximum atomic E-state index is 12.4. The molecule has 0 aromatic rings. The van der Waals surface area contributed by atoms with Crippen molar-refractivity contribution in [1.29, 1.82) is 0 Å². The summed E-state index contributed by atoms with van der Waals surface area (Å²) in [5.74, 6) is 0.316. The molecule has 4 heteroatoms. The molecule has 19 heavy (non-hydrogen) atoms. The number of rotatable bonds is 7. The highest BCUT2D eigenvalue weighted by Gasteiger charge is 2.32. The smallest absolute Gasteiger partial charge is 0.236 e. The average Bonchev–Trinajstić information content (AvgIpc) is 3.05. The Hall–Kier alpha value is -0.610. The molecule has 0 bridgehead atoms. The van der Waals surface area contributed by atoms with Crippen LogP contribution < -0.4 is 5.32 Å². The maximum absolute atomic E-state index is 12.4. The lowest BCUT2D eigenvalue weighted by atomic mass is 10.2. The summed E-state index contributed by atoms with van der Waals surface area (Å²) < 4.78 is 0. The SMILES string of the molecule is CCN(C(=O)CN(CC1CCCN1)C(C)C)C1CC1.